The van der Waals surface area contributed by atoms with Gasteiger partial charge in [0.2, 0.25) is 0 Å². The van der Waals surface area contributed by atoms with Crippen molar-refractivity contribution in [3.8, 4) is 0 Å². The highest BCUT2D eigenvalue weighted by Crippen LogP contribution is 2.24. The molecule has 2 amide bonds. The van der Waals surface area contributed by atoms with E-state index in [1.165, 1.54) is 18.4 Å². The van der Waals surface area contributed by atoms with Gasteiger partial charge in [0.05, 0.1) is 0 Å². The Kier molecular flexibility index (Phi) is 5.05. The summed E-state index contributed by atoms with van der Waals surface area (Å²) < 4.78 is 0. The zero-order valence-corrected chi connectivity index (χ0v) is 12.8. The molecule has 0 saturated heterocycles. The molecule has 0 heterocycles. The monoisotopic (exact) mass is 274 g/mol. The number of hydrogen-bond acceptors (Lipinski definition) is 1. The van der Waals surface area contributed by atoms with Crippen molar-refractivity contribution in [3.05, 3.63) is 29.3 Å². The topological polar surface area (TPSA) is 41.1 Å². The van der Waals surface area contributed by atoms with Gasteiger partial charge in [-0.25, -0.2) is 4.79 Å². The Labute approximate surface area is 122 Å². The third-order valence-corrected chi connectivity index (χ3v) is 4.25. The third-order valence-electron chi connectivity index (χ3n) is 4.25. The van der Waals surface area contributed by atoms with E-state index in [1.807, 2.05) is 19.1 Å². The summed E-state index contributed by atoms with van der Waals surface area (Å²) in [4.78, 5) is 12.2. The Morgan fingerprint density at radius 1 is 1.35 bits per heavy atom. The lowest BCUT2D eigenvalue weighted by Gasteiger charge is -2.27. The molecular weight excluding hydrogens is 248 g/mol. The quantitative estimate of drug-likeness (QED) is 0.849. The third kappa shape index (κ3) is 3.75. The predicted octanol–water partition coefficient (Wildman–Crippen LogP) is 4.26. The summed E-state index contributed by atoms with van der Waals surface area (Å²) in [5.74, 6) is 0.721. The highest BCUT2D eigenvalue weighted by molar-refractivity contribution is 5.91. The molecule has 0 aliphatic heterocycles. The second-order valence-corrected chi connectivity index (χ2v) is 6.03. The molecule has 3 nitrogen and oxygen atoms in total. The molecule has 1 fully saturated rings. The van der Waals surface area contributed by atoms with E-state index < -0.39 is 0 Å². The van der Waals surface area contributed by atoms with Crippen LogP contribution in [-0.4, -0.2) is 12.1 Å². The van der Waals surface area contributed by atoms with Gasteiger partial charge >= 0.3 is 6.03 Å². The van der Waals surface area contributed by atoms with E-state index in [2.05, 4.69) is 30.5 Å². The Morgan fingerprint density at radius 2 is 2.15 bits per heavy atom. The Bertz CT molecular complexity index is 470. The highest BCUT2D eigenvalue weighted by atomic mass is 16.2. The minimum absolute atomic E-state index is 0.0619. The van der Waals surface area contributed by atoms with E-state index in [9.17, 15) is 4.79 Å². The molecule has 3 heteroatoms. The molecule has 1 aliphatic carbocycles. The smallest absolute Gasteiger partial charge is 0.319 e. The van der Waals surface area contributed by atoms with Crippen molar-refractivity contribution in [1.29, 1.82) is 0 Å². The van der Waals surface area contributed by atoms with Gasteiger partial charge in [-0.15, -0.1) is 0 Å². The van der Waals surface area contributed by atoms with Crippen LogP contribution in [0.5, 0.6) is 0 Å². The molecule has 1 saturated carbocycles. The summed E-state index contributed by atoms with van der Waals surface area (Å²) in [6.07, 6.45) is 5.64. The molecule has 110 valence electrons. The fourth-order valence-corrected chi connectivity index (χ4v) is 3.10. The molecule has 0 radical (unpaired) electrons. The molecule has 0 bridgehead atoms. The molecular formula is C17H26N2O. The summed E-state index contributed by atoms with van der Waals surface area (Å²) in [6, 6.07) is 6.42. The number of amides is 2. The van der Waals surface area contributed by atoms with Crippen molar-refractivity contribution < 1.29 is 4.79 Å². The van der Waals surface area contributed by atoms with Crippen LogP contribution < -0.4 is 10.6 Å². The lowest BCUT2D eigenvalue weighted by Crippen LogP contribution is -2.40. The van der Waals surface area contributed by atoms with Crippen LogP contribution in [0.15, 0.2) is 18.2 Å². The molecule has 1 aromatic carbocycles. The Hall–Kier alpha value is -1.51. The van der Waals surface area contributed by atoms with Crippen molar-refractivity contribution in [1.82, 2.24) is 5.32 Å². The standard InChI is InChI=1S/C17H26N2O/c1-4-14-9-6-8-13(3)16(14)19-17(20)18-15-10-5-7-12(2)11-15/h6,8-9,12,15H,4-5,7,10-11H2,1-3H3,(H2,18,19,20). The number of aryl methyl sites for hydroxylation is 2. The number of anilines is 1. The molecule has 1 aliphatic rings. The zero-order chi connectivity index (χ0) is 14.5. The molecule has 2 atom stereocenters. The van der Waals surface area contributed by atoms with Crippen molar-refractivity contribution in [2.75, 3.05) is 5.32 Å². The summed E-state index contributed by atoms with van der Waals surface area (Å²) >= 11 is 0. The zero-order valence-electron chi connectivity index (χ0n) is 12.8. The van der Waals surface area contributed by atoms with Gasteiger partial charge in [0.25, 0.3) is 0 Å². The SMILES string of the molecule is CCc1cccc(C)c1NC(=O)NC1CCCC(C)C1. The first kappa shape index (κ1) is 14.9. The van der Waals surface area contributed by atoms with Gasteiger partial charge in [-0.05, 0) is 43.2 Å². The Balaban J connectivity index is 1.98. The number of benzene rings is 1. The number of urea groups is 1. The first-order valence-electron chi connectivity index (χ1n) is 7.76. The van der Waals surface area contributed by atoms with Crippen molar-refractivity contribution >= 4 is 11.7 Å². The summed E-state index contributed by atoms with van der Waals surface area (Å²) in [7, 11) is 0. The van der Waals surface area contributed by atoms with E-state index in [0.717, 1.165) is 36.4 Å². The lowest BCUT2D eigenvalue weighted by atomic mass is 9.87. The number of carbonyl (C=O) groups excluding carboxylic acids is 1. The van der Waals surface area contributed by atoms with Crippen LogP contribution in [0.25, 0.3) is 0 Å². The second kappa shape index (κ2) is 6.78. The normalized spacial score (nSPS) is 22.4. The van der Waals surface area contributed by atoms with Gasteiger partial charge in [-0.2, -0.15) is 0 Å². The maximum absolute atomic E-state index is 12.2. The van der Waals surface area contributed by atoms with E-state index in [0.29, 0.717) is 6.04 Å². The van der Waals surface area contributed by atoms with Crippen LogP contribution in [-0.2, 0) is 6.42 Å². The van der Waals surface area contributed by atoms with E-state index in [1.54, 1.807) is 0 Å². The molecule has 2 unspecified atom stereocenters. The van der Waals surface area contributed by atoms with E-state index >= 15 is 0 Å². The van der Waals surface area contributed by atoms with Crippen LogP contribution in [0, 0.1) is 12.8 Å². The fourth-order valence-electron chi connectivity index (χ4n) is 3.10. The minimum Gasteiger partial charge on any atom is -0.335 e. The fraction of sp³-hybridized carbons (Fsp3) is 0.588. The molecule has 2 N–H and O–H groups in total. The lowest BCUT2D eigenvalue weighted by molar-refractivity contribution is 0.238. The maximum Gasteiger partial charge on any atom is 0.319 e. The average Bonchev–Trinajstić information content (AvgIpc) is 2.41. The molecule has 1 aromatic rings. The maximum atomic E-state index is 12.2. The molecule has 2 rings (SSSR count). The van der Waals surface area contributed by atoms with E-state index in [-0.39, 0.29) is 6.03 Å². The van der Waals surface area contributed by atoms with Gasteiger partial charge in [-0.3, -0.25) is 0 Å². The minimum atomic E-state index is -0.0619. The first-order valence-corrected chi connectivity index (χ1v) is 7.76. The molecule has 20 heavy (non-hydrogen) atoms. The molecule has 0 spiro atoms. The number of hydrogen-bond donors (Lipinski definition) is 2. The van der Waals surface area contributed by atoms with Crippen LogP contribution in [0.1, 0.15) is 50.7 Å². The van der Waals surface area contributed by atoms with Crippen LogP contribution in [0.2, 0.25) is 0 Å². The van der Waals surface area contributed by atoms with Gasteiger partial charge in [0.15, 0.2) is 0 Å². The largest absolute Gasteiger partial charge is 0.335 e. The average molecular weight is 274 g/mol. The van der Waals surface area contributed by atoms with Crippen LogP contribution in [0.3, 0.4) is 0 Å². The number of rotatable bonds is 3. The van der Waals surface area contributed by atoms with E-state index in [4.69, 9.17) is 0 Å². The Morgan fingerprint density at radius 3 is 2.85 bits per heavy atom. The summed E-state index contributed by atoms with van der Waals surface area (Å²) in [5, 5.41) is 6.17. The number of carbonyl (C=O) groups is 1. The number of para-hydroxylation sites is 1. The summed E-state index contributed by atoms with van der Waals surface area (Å²) in [5.41, 5.74) is 3.28. The molecule has 0 aromatic heterocycles. The van der Waals surface area contributed by atoms with Crippen molar-refractivity contribution in [2.24, 2.45) is 5.92 Å². The van der Waals surface area contributed by atoms with Gasteiger partial charge < -0.3 is 10.6 Å². The van der Waals surface area contributed by atoms with Gasteiger partial charge in [-0.1, -0.05) is 44.9 Å². The second-order valence-electron chi connectivity index (χ2n) is 6.03. The summed E-state index contributed by atoms with van der Waals surface area (Å²) in [6.45, 7) is 6.42. The van der Waals surface area contributed by atoms with Gasteiger partial charge in [0.1, 0.15) is 0 Å². The number of nitrogens with one attached hydrogen (secondary N) is 2. The van der Waals surface area contributed by atoms with Crippen LogP contribution >= 0.6 is 0 Å². The van der Waals surface area contributed by atoms with Crippen molar-refractivity contribution in [2.45, 2.75) is 58.9 Å². The highest BCUT2D eigenvalue weighted by Gasteiger charge is 2.20. The van der Waals surface area contributed by atoms with Crippen LogP contribution in [0.4, 0.5) is 10.5 Å². The predicted molar refractivity (Wildman–Crippen MR) is 84.1 cm³/mol. The first-order chi connectivity index (χ1) is 9.60. The van der Waals surface area contributed by atoms with Gasteiger partial charge in [0, 0.05) is 11.7 Å². The van der Waals surface area contributed by atoms with Crippen molar-refractivity contribution in [3.63, 3.8) is 0 Å².